The van der Waals surface area contributed by atoms with E-state index in [1.807, 2.05) is 18.2 Å². The molecule has 1 aliphatic rings. The van der Waals surface area contributed by atoms with Crippen LogP contribution in [-0.4, -0.2) is 20.8 Å². The third-order valence-corrected chi connectivity index (χ3v) is 3.85. The van der Waals surface area contributed by atoms with E-state index in [0.717, 1.165) is 18.4 Å². The Labute approximate surface area is 113 Å². The van der Waals surface area contributed by atoms with Gasteiger partial charge in [-0.2, -0.15) is 0 Å². The fourth-order valence-electron chi connectivity index (χ4n) is 2.30. The fraction of sp³-hybridized carbons (Fsp3) is 0.571. The molecule has 0 bridgehead atoms. The zero-order valence-electron chi connectivity index (χ0n) is 11.0. The summed E-state index contributed by atoms with van der Waals surface area (Å²) in [5.74, 6) is 1.94. The van der Waals surface area contributed by atoms with Crippen LogP contribution in [0.1, 0.15) is 25.3 Å². The first-order valence-corrected chi connectivity index (χ1v) is 6.52. The summed E-state index contributed by atoms with van der Waals surface area (Å²) in [5, 5.41) is -0.739. The van der Waals surface area contributed by atoms with Gasteiger partial charge in [-0.15, -0.1) is 0 Å². The molecule has 3 nitrogen and oxygen atoms in total. The van der Waals surface area contributed by atoms with Crippen LogP contribution in [0.4, 0.5) is 0 Å². The molecule has 1 aliphatic heterocycles. The van der Waals surface area contributed by atoms with Crippen LogP contribution in [0.3, 0.4) is 0 Å². The van der Waals surface area contributed by atoms with Gasteiger partial charge in [-0.25, -0.2) is 0 Å². The van der Waals surface area contributed by atoms with E-state index in [1.54, 1.807) is 14.2 Å². The highest BCUT2D eigenvalue weighted by Gasteiger charge is 2.36. The second kappa shape index (κ2) is 5.37. The van der Waals surface area contributed by atoms with E-state index in [0.29, 0.717) is 24.0 Å². The van der Waals surface area contributed by atoms with Crippen molar-refractivity contribution in [3.8, 4) is 11.5 Å². The minimum absolute atomic E-state index is 0.560. The maximum Gasteiger partial charge on any atom is 0.167 e. The molecule has 100 valence electrons. The molecule has 1 saturated heterocycles. The topological polar surface area (TPSA) is 27.7 Å². The summed E-state index contributed by atoms with van der Waals surface area (Å²) in [6.45, 7) is 2.89. The minimum atomic E-state index is -0.739. The number of benzene rings is 1. The average molecular weight is 271 g/mol. The average Bonchev–Trinajstić information content (AvgIpc) is 2.37. The molecule has 0 spiro atoms. The molecule has 0 N–H and O–H groups in total. The third kappa shape index (κ3) is 2.57. The van der Waals surface area contributed by atoms with Crippen molar-refractivity contribution in [2.24, 2.45) is 5.92 Å². The standard InChI is InChI=1S/C14H19ClO3/c1-10-6-7-18-14(15,9-10)11-4-5-12(16-2)13(8-11)17-3/h4-5,8,10H,6-7,9H2,1-3H3. The lowest BCUT2D eigenvalue weighted by Crippen LogP contribution is -2.31. The van der Waals surface area contributed by atoms with Crippen molar-refractivity contribution in [2.45, 2.75) is 24.8 Å². The summed E-state index contributed by atoms with van der Waals surface area (Å²) in [6.07, 6.45) is 1.87. The first-order chi connectivity index (χ1) is 8.59. The third-order valence-electron chi connectivity index (χ3n) is 3.37. The SMILES string of the molecule is COc1ccc(C2(Cl)CC(C)CCO2)cc1OC. The van der Waals surface area contributed by atoms with Crippen molar-refractivity contribution < 1.29 is 14.2 Å². The van der Waals surface area contributed by atoms with Crippen molar-refractivity contribution in [2.75, 3.05) is 20.8 Å². The van der Waals surface area contributed by atoms with Crippen molar-refractivity contribution in [3.63, 3.8) is 0 Å². The van der Waals surface area contributed by atoms with E-state index in [-0.39, 0.29) is 0 Å². The normalized spacial score (nSPS) is 27.9. The second-order valence-electron chi connectivity index (χ2n) is 4.74. The summed E-state index contributed by atoms with van der Waals surface area (Å²) in [7, 11) is 3.24. The van der Waals surface area contributed by atoms with Gasteiger partial charge in [0.2, 0.25) is 0 Å². The van der Waals surface area contributed by atoms with Crippen molar-refractivity contribution in [1.82, 2.24) is 0 Å². The lowest BCUT2D eigenvalue weighted by Gasteiger charge is -2.35. The number of hydrogen-bond acceptors (Lipinski definition) is 3. The van der Waals surface area contributed by atoms with Gasteiger partial charge in [-0.3, -0.25) is 0 Å². The van der Waals surface area contributed by atoms with E-state index < -0.39 is 5.06 Å². The Kier molecular flexibility index (Phi) is 4.03. The van der Waals surface area contributed by atoms with Crippen LogP contribution in [0.2, 0.25) is 0 Å². The molecule has 4 heteroatoms. The van der Waals surface area contributed by atoms with E-state index >= 15 is 0 Å². The van der Waals surface area contributed by atoms with E-state index in [4.69, 9.17) is 25.8 Å². The summed E-state index contributed by atoms with van der Waals surface area (Å²) >= 11 is 6.60. The highest BCUT2D eigenvalue weighted by atomic mass is 35.5. The van der Waals surface area contributed by atoms with Gasteiger partial charge < -0.3 is 14.2 Å². The van der Waals surface area contributed by atoms with Crippen LogP contribution < -0.4 is 9.47 Å². The van der Waals surface area contributed by atoms with Crippen molar-refractivity contribution in [3.05, 3.63) is 23.8 Å². The second-order valence-corrected chi connectivity index (χ2v) is 5.36. The van der Waals surface area contributed by atoms with E-state index in [2.05, 4.69) is 6.92 Å². The van der Waals surface area contributed by atoms with Crippen LogP contribution in [-0.2, 0) is 9.80 Å². The molecular weight excluding hydrogens is 252 g/mol. The monoisotopic (exact) mass is 270 g/mol. The number of methoxy groups -OCH3 is 2. The minimum Gasteiger partial charge on any atom is -0.493 e. The smallest absolute Gasteiger partial charge is 0.167 e. The quantitative estimate of drug-likeness (QED) is 0.787. The van der Waals surface area contributed by atoms with Crippen LogP contribution in [0.5, 0.6) is 11.5 Å². The van der Waals surface area contributed by atoms with Gasteiger partial charge in [-0.05, 0) is 30.9 Å². The Bertz CT molecular complexity index is 422. The molecule has 1 aromatic carbocycles. The lowest BCUT2D eigenvalue weighted by molar-refractivity contribution is -0.0402. The van der Waals surface area contributed by atoms with Crippen LogP contribution in [0.15, 0.2) is 18.2 Å². The van der Waals surface area contributed by atoms with Crippen LogP contribution in [0, 0.1) is 5.92 Å². The Morgan fingerprint density at radius 1 is 1.28 bits per heavy atom. The van der Waals surface area contributed by atoms with Gasteiger partial charge in [-0.1, -0.05) is 24.6 Å². The molecular formula is C14H19ClO3. The molecule has 18 heavy (non-hydrogen) atoms. The molecule has 2 atom stereocenters. The van der Waals surface area contributed by atoms with Gasteiger partial charge in [0.05, 0.1) is 14.2 Å². The summed E-state index contributed by atoms with van der Waals surface area (Å²) in [4.78, 5) is 0. The maximum absolute atomic E-state index is 6.60. The Balaban J connectivity index is 2.32. The zero-order valence-corrected chi connectivity index (χ0v) is 11.8. The number of hydrogen-bond donors (Lipinski definition) is 0. The van der Waals surface area contributed by atoms with Gasteiger partial charge >= 0.3 is 0 Å². The molecule has 2 rings (SSSR count). The van der Waals surface area contributed by atoms with Gasteiger partial charge in [0.15, 0.2) is 16.6 Å². The first-order valence-electron chi connectivity index (χ1n) is 6.14. The maximum atomic E-state index is 6.60. The highest BCUT2D eigenvalue weighted by molar-refractivity contribution is 6.23. The molecule has 1 fully saturated rings. The Morgan fingerprint density at radius 3 is 2.61 bits per heavy atom. The molecule has 0 saturated carbocycles. The molecule has 1 aromatic rings. The number of rotatable bonds is 3. The molecule has 0 aliphatic carbocycles. The van der Waals surface area contributed by atoms with Crippen LogP contribution in [0.25, 0.3) is 0 Å². The zero-order chi connectivity index (χ0) is 13.2. The Hall–Kier alpha value is -0.930. The van der Waals surface area contributed by atoms with Gasteiger partial charge in [0.1, 0.15) is 0 Å². The fourth-order valence-corrected chi connectivity index (χ4v) is 2.76. The first kappa shape index (κ1) is 13.5. The van der Waals surface area contributed by atoms with Crippen molar-refractivity contribution >= 4 is 11.6 Å². The van der Waals surface area contributed by atoms with Gasteiger partial charge in [0.25, 0.3) is 0 Å². The van der Waals surface area contributed by atoms with E-state index in [1.165, 1.54) is 0 Å². The van der Waals surface area contributed by atoms with Gasteiger partial charge in [0, 0.05) is 12.2 Å². The predicted molar refractivity (Wildman–Crippen MR) is 71.4 cm³/mol. The molecule has 0 aromatic heterocycles. The summed E-state index contributed by atoms with van der Waals surface area (Å²) in [5.41, 5.74) is 0.924. The molecule has 0 amide bonds. The molecule has 1 heterocycles. The number of halogens is 1. The van der Waals surface area contributed by atoms with Crippen LogP contribution >= 0.6 is 11.6 Å². The predicted octanol–water partition coefficient (Wildman–Crippen LogP) is 3.54. The largest absolute Gasteiger partial charge is 0.493 e. The van der Waals surface area contributed by atoms with Crippen molar-refractivity contribution in [1.29, 1.82) is 0 Å². The Morgan fingerprint density at radius 2 is 2.00 bits per heavy atom. The summed E-state index contributed by atoms with van der Waals surface area (Å²) < 4.78 is 16.3. The molecule has 2 unspecified atom stereocenters. The van der Waals surface area contributed by atoms with E-state index in [9.17, 15) is 0 Å². The number of alkyl halides is 1. The lowest BCUT2D eigenvalue weighted by atomic mass is 9.92. The highest BCUT2D eigenvalue weighted by Crippen LogP contribution is 2.43. The number of ether oxygens (including phenoxy) is 3. The summed E-state index contributed by atoms with van der Waals surface area (Å²) in [6, 6.07) is 5.69. The molecule has 0 radical (unpaired) electrons.